The number of amides is 2. The second-order valence-electron chi connectivity index (χ2n) is 7.41. The van der Waals surface area contributed by atoms with Crippen LogP contribution in [0.1, 0.15) is 23.6 Å². The van der Waals surface area contributed by atoms with Gasteiger partial charge in [-0.25, -0.2) is 4.90 Å². The Morgan fingerprint density at radius 2 is 1.58 bits per heavy atom. The highest BCUT2D eigenvalue weighted by molar-refractivity contribution is 6.46. The van der Waals surface area contributed by atoms with Crippen molar-refractivity contribution in [3.63, 3.8) is 0 Å². The molecule has 1 aliphatic rings. The monoisotopic (exact) mass is 412 g/mol. The predicted octanol–water partition coefficient (Wildman–Crippen LogP) is 5.10. The third kappa shape index (κ3) is 3.82. The lowest BCUT2D eigenvalue weighted by atomic mass is 10.0. The summed E-state index contributed by atoms with van der Waals surface area (Å²) in [4.78, 5) is 28.3. The number of carbonyl (C=O) groups is 2. The van der Waals surface area contributed by atoms with Gasteiger partial charge >= 0.3 is 0 Å². The molecule has 0 aliphatic carbocycles. The van der Waals surface area contributed by atoms with E-state index in [1.54, 1.807) is 0 Å². The number of nitrogens with one attached hydrogen (secondary N) is 1. The molecule has 5 nitrogen and oxygen atoms in total. The van der Waals surface area contributed by atoms with Crippen LogP contribution in [-0.2, 0) is 9.59 Å². The second-order valence-corrected chi connectivity index (χ2v) is 7.41. The van der Waals surface area contributed by atoms with Crippen LogP contribution in [0, 0.1) is 13.8 Å². The number of carbonyl (C=O) groups excluding carboxylic acids is 2. The molecule has 0 bridgehead atoms. The van der Waals surface area contributed by atoms with Gasteiger partial charge in [-0.1, -0.05) is 60.2 Å². The summed E-state index contributed by atoms with van der Waals surface area (Å²) in [6.07, 6.45) is 0. The Hall–Kier alpha value is -3.86. The van der Waals surface area contributed by atoms with Crippen LogP contribution in [0.4, 0.5) is 11.4 Å². The summed E-state index contributed by atoms with van der Waals surface area (Å²) in [5.41, 5.74) is 4.43. The molecule has 0 fully saturated rings. The van der Waals surface area contributed by atoms with Crippen LogP contribution in [0.3, 0.4) is 0 Å². The van der Waals surface area contributed by atoms with Crippen LogP contribution in [0.25, 0.3) is 5.57 Å². The van der Waals surface area contributed by atoms with Crippen LogP contribution >= 0.6 is 0 Å². The Morgan fingerprint density at radius 1 is 0.871 bits per heavy atom. The zero-order valence-electron chi connectivity index (χ0n) is 17.8. The number of anilines is 2. The summed E-state index contributed by atoms with van der Waals surface area (Å²) < 4.78 is 5.70. The van der Waals surface area contributed by atoms with Crippen molar-refractivity contribution < 1.29 is 14.3 Å². The van der Waals surface area contributed by atoms with E-state index in [1.807, 2.05) is 93.6 Å². The summed E-state index contributed by atoms with van der Waals surface area (Å²) in [5, 5.41) is 3.20. The molecule has 2 amide bonds. The Bertz CT molecular complexity index is 1180. The lowest BCUT2D eigenvalue weighted by Gasteiger charge is -2.18. The van der Waals surface area contributed by atoms with Gasteiger partial charge in [0.05, 0.1) is 23.6 Å². The molecule has 4 rings (SSSR count). The van der Waals surface area contributed by atoms with Crippen molar-refractivity contribution in [3.05, 3.63) is 95.2 Å². The fourth-order valence-electron chi connectivity index (χ4n) is 3.78. The molecule has 1 aliphatic heterocycles. The number of aryl methyl sites for hydroxylation is 2. The zero-order chi connectivity index (χ0) is 22.0. The molecule has 1 heterocycles. The van der Waals surface area contributed by atoms with Gasteiger partial charge in [-0.3, -0.25) is 9.59 Å². The number of benzene rings is 3. The van der Waals surface area contributed by atoms with Crippen molar-refractivity contribution in [2.45, 2.75) is 20.8 Å². The lowest BCUT2D eigenvalue weighted by Crippen LogP contribution is -2.33. The Balaban J connectivity index is 1.83. The molecule has 1 N–H and O–H groups in total. The highest BCUT2D eigenvalue weighted by Crippen LogP contribution is 2.36. The van der Waals surface area contributed by atoms with Crippen LogP contribution in [0.15, 0.2) is 78.5 Å². The molecule has 0 saturated heterocycles. The number of imide groups is 1. The average Bonchev–Trinajstić information content (AvgIpc) is 3.00. The normalized spacial score (nSPS) is 13.7. The molecule has 0 atom stereocenters. The Kier molecular flexibility index (Phi) is 5.58. The first-order valence-corrected chi connectivity index (χ1v) is 10.3. The molecule has 0 unspecified atom stereocenters. The first-order valence-electron chi connectivity index (χ1n) is 10.3. The van der Waals surface area contributed by atoms with Gasteiger partial charge in [0.2, 0.25) is 0 Å². The lowest BCUT2D eigenvalue weighted by molar-refractivity contribution is -0.120. The molecule has 0 spiro atoms. The average molecular weight is 412 g/mol. The van der Waals surface area contributed by atoms with Crippen LogP contribution in [0.5, 0.6) is 5.75 Å². The first-order chi connectivity index (χ1) is 15.0. The number of hydrogen-bond donors (Lipinski definition) is 1. The van der Waals surface area contributed by atoms with Crippen molar-refractivity contribution in [2.24, 2.45) is 0 Å². The van der Waals surface area contributed by atoms with E-state index in [4.69, 9.17) is 4.74 Å². The van der Waals surface area contributed by atoms with Gasteiger partial charge in [-0.15, -0.1) is 0 Å². The third-order valence-electron chi connectivity index (χ3n) is 5.19. The molecule has 5 heteroatoms. The Labute approximate surface area is 182 Å². The quantitative estimate of drug-likeness (QED) is 0.573. The summed E-state index contributed by atoms with van der Waals surface area (Å²) in [6.45, 7) is 6.28. The van der Waals surface area contributed by atoms with Crippen LogP contribution in [0.2, 0.25) is 0 Å². The minimum Gasteiger partial charge on any atom is -0.492 e. The van der Waals surface area contributed by atoms with E-state index in [2.05, 4.69) is 5.32 Å². The zero-order valence-corrected chi connectivity index (χ0v) is 17.8. The predicted molar refractivity (Wildman–Crippen MR) is 123 cm³/mol. The first kappa shape index (κ1) is 20.4. The molecule has 3 aromatic rings. The Morgan fingerprint density at radius 3 is 2.29 bits per heavy atom. The molecule has 0 aromatic heterocycles. The minimum absolute atomic E-state index is 0.239. The summed E-state index contributed by atoms with van der Waals surface area (Å²) in [7, 11) is 0. The van der Waals surface area contributed by atoms with Crippen LogP contribution in [-0.4, -0.2) is 18.4 Å². The van der Waals surface area contributed by atoms with Gasteiger partial charge in [0.15, 0.2) is 0 Å². The summed E-state index contributed by atoms with van der Waals surface area (Å²) in [5.74, 6) is -0.114. The third-order valence-corrected chi connectivity index (χ3v) is 5.19. The van der Waals surface area contributed by atoms with E-state index in [-0.39, 0.29) is 17.5 Å². The van der Waals surface area contributed by atoms with Gasteiger partial charge in [0.25, 0.3) is 11.8 Å². The topological polar surface area (TPSA) is 58.6 Å². The maximum atomic E-state index is 13.6. The number of rotatable bonds is 6. The SMILES string of the molecule is CCOc1ccccc1NC1=C(c2ccccc2)C(=O)N(c2ccc(C)cc2C)C1=O. The summed E-state index contributed by atoms with van der Waals surface area (Å²) >= 11 is 0. The van der Waals surface area contributed by atoms with Gasteiger partial charge in [0, 0.05) is 0 Å². The molecule has 0 saturated carbocycles. The van der Waals surface area contributed by atoms with Crippen molar-refractivity contribution in [1.29, 1.82) is 0 Å². The van der Waals surface area contributed by atoms with Gasteiger partial charge in [-0.05, 0) is 50.1 Å². The fourth-order valence-corrected chi connectivity index (χ4v) is 3.78. The van der Waals surface area contributed by atoms with E-state index in [0.717, 1.165) is 11.1 Å². The van der Waals surface area contributed by atoms with Gasteiger partial charge in [0.1, 0.15) is 11.4 Å². The molecular formula is C26H24N2O3. The maximum Gasteiger partial charge on any atom is 0.282 e. The van der Waals surface area contributed by atoms with E-state index >= 15 is 0 Å². The van der Waals surface area contributed by atoms with E-state index in [9.17, 15) is 9.59 Å². The van der Waals surface area contributed by atoms with E-state index < -0.39 is 0 Å². The smallest absolute Gasteiger partial charge is 0.282 e. The molecule has 156 valence electrons. The maximum absolute atomic E-state index is 13.6. The van der Waals surface area contributed by atoms with Crippen molar-refractivity contribution in [3.8, 4) is 5.75 Å². The van der Waals surface area contributed by atoms with Crippen molar-refractivity contribution >= 4 is 28.8 Å². The number of hydrogen-bond acceptors (Lipinski definition) is 4. The van der Waals surface area contributed by atoms with E-state index in [1.165, 1.54) is 4.90 Å². The minimum atomic E-state index is -0.387. The largest absolute Gasteiger partial charge is 0.492 e. The van der Waals surface area contributed by atoms with Gasteiger partial charge < -0.3 is 10.1 Å². The molecule has 3 aromatic carbocycles. The molecule has 0 radical (unpaired) electrons. The second kappa shape index (κ2) is 8.48. The standard InChI is InChI=1S/C26H24N2O3/c1-4-31-22-13-9-8-12-20(22)27-24-23(19-10-6-5-7-11-19)25(29)28(26(24)30)21-15-14-17(2)16-18(21)3/h5-16,27H,4H2,1-3H3. The van der Waals surface area contributed by atoms with Gasteiger partial charge in [-0.2, -0.15) is 0 Å². The van der Waals surface area contributed by atoms with Crippen molar-refractivity contribution in [2.75, 3.05) is 16.8 Å². The number of nitrogens with zero attached hydrogens (tertiary/aromatic N) is 1. The number of ether oxygens (including phenoxy) is 1. The highest BCUT2D eigenvalue weighted by atomic mass is 16.5. The van der Waals surface area contributed by atoms with Crippen molar-refractivity contribution in [1.82, 2.24) is 0 Å². The highest BCUT2D eigenvalue weighted by Gasteiger charge is 2.41. The fraction of sp³-hybridized carbons (Fsp3) is 0.154. The van der Waals surface area contributed by atoms with Crippen LogP contribution < -0.4 is 15.0 Å². The summed E-state index contributed by atoms with van der Waals surface area (Å²) in [6, 6.07) is 22.3. The molecular weight excluding hydrogens is 388 g/mol. The number of para-hydroxylation sites is 2. The van der Waals surface area contributed by atoms with E-state index in [0.29, 0.717) is 34.9 Å². The molecule has 31 heavy (non-hydrogen) atoms.